The van der Waals surface area contributed by atoms with Crippen LogP contribution in [-0.4, -0.2) is 47.8 Å². The third-order valence-electron chi connectivity index (χ3n) is 8.64. The predicted molar refractivity (Wildman–Crippen MR) is 217 cm³/mol. The molecule has 0 aromatic carbocycles. The van der Waals surface area contributed by atoms with Crippen LogP contribution in [0.5, 0.6) is 0 Å². The molecule has 5 N–H and O–H groups in total. The van der Waals surface area contributed by atoms with Gasteiger partial charge in [0.2, 0.25) is 5.91 Å². The van der Waals surface area contributed by atoms with Crippen LogP contribution in [0.4, 0.5) is 0 Å². The third kappa shape index (κ3) is 36.4. The van der Waals surface area contributed by atoms with E-state index in [1.165, 1.54) is 77.0 Å². The van der Waals surface area contributed by atoms with Gasteiger partial charge in [0, 0.05) is 13.0 Å². The van der Waals surface area contributed by atoms with Crippen molar-refractivity contribution in [2.75, 3.05) is 19.8 Å². The maximum atomic E-state index is 12.7. The molecule has 0 spiro atoms. The molecule has 0 saturated carbocycles. The molecule has 0 aromatic heterocycles. The number of nitrogens with two attached hydrogens (primary N) is 1. The molecule has 0 heterocycles. The second-order valence-corrected chi connectivity index (χ2v) is 14.9. The molecule has 0 aliphatic rings. The Balaban J connectivity index is 4.33. The summed E-state index contributed by atoms with van der Waals surface area (Å²) >= 11 is 0. The van der Waals surface area contributed by atoms with E-state index in [2.05, 4.69) is 79.9 Å². The Kier molecular flexibility index (Phi) is 36.6. The molecule has 3 atom stereocenters. The summed E-state index contributed by atoms with van der Waals surface area (Å²) in [5, 5.41) is 13.7. The van der Waals surface area contributed by atoms with E-state index in [4.69, 9.17) is 14.8 Å². The number of hydrogen-bond acceptors (Lipinski definition) is 6. The van der Waals surface area contributed by atoms with Gasteiger partial charge in [0.1, 0.15) is 0 Å². The number of carbonyl (C=O) groups excluding carboxylic acids is 1. The summed E-state index contributed by atoms with van der Waals surface area (Å²) in [5.41, 5.74) is 5.37. The van der Waals surface area contributed by atoms with Gasteiger partial charge < -0.3 is 21.1 Å². The van der Waals surface area contributed by atoms with Crippen molar-refractivity contribution in [1.82, 2.24) is 5.32 Å². The molecular formula is C42H77N2O6P. The van der Waals surface area contributed by atoms with Crippen molar-refractivity contribution in [3.63, 3.8) is 0 Å². The molecule has 0 aromatic rings. The lowest BCUT2D eigenvalue weighted by Crippen LogP contribution is -2.46. The first-order valence-corrected chi connectivity index (χ1v) is 21.9. The average molecular weight is 737 g/mol. The van der Waals surface area contributed by atoms with Gasteiger partial charge in [-0.1, -0.05) is 171 Å². The maximum Gasteiger partial charge on any atom is 0.472 e. The summed E-state index contributed by atoms with van der Waals surface area (Å²) in [4.78, 5) is 22.7. The topological polar surface area (TPSA) is 131 Å². The molecule has 0 radical (unpaired) electrons. The minimum Gasteiger partial charge on any atom is -0.391 e. The van der Waals surface area contributed by atoms with Crippen LogP contribution < -0.4 is 11.1 Å². The molecular weight excluding hydrogens is 659 g/mol. The summed E-state index contributed by atoms with van der Waals surface area (Å²) in [6.07, 6.45) is 46.6. The van der Waals surface area contributed by atoms with Crippen molar-refractivity contribution in [2.24, 2.45) is 5.73 Å². The summed E-state index contributed by atoms with van der Waals surface area (Å²) < 4.78 is 22.1. The van der Waals surface area contributed by atoms with Crippen LogP contribution in [0.3, 0.4) is 0 Å². The fraction of sp³-hybridized carbons (Fsp3) is 0.738. The van der Waals surface area contributed by atoms with Gasteiger partial charge in [0.15, 0.2) is 0 Å². The zero-order chi connectivity index (χ0) is 37.5. The van der Waals surface area contributed by atoms with Crippen molar-refractivity contribution in [1.29, 1.82) is 0 Å². The number of hydrogen-bond donors (Lipinski definition) is 4. The molecule has 0 fully saturated rings. The number of aliphatic hydroxyl groups excluding tert-OH is 1. The lowest BCUT2D eigenvalue weighted by atomic mass is 10.0. The zero-order valence-electron chi connectivity index (χ0n) is 32.6. The van der Waals surface area contributed by atoms with Crippen LogP contribution >= 0.6 is 7.82 Å². The zero-order valence-corrected chi connectivity index (χ0v) is 33.5. The van der Waals surface area contributed by atoms with E-state index in [0.717, 1.165) is 57.8 Å². The lowest BCUT2D eigenvalue weighted by Gasteiger charge is -2.25. The normalized spacial score (nSPS) is 14.8. The first-order valence-electron chi connectivity index (χ1n) is 20.4. The fourth-order valence-corrected chi connectivity index (χ4v) is 6.34. The standard InChI is InChI=1S/C42H77N2O6P/c1-3-5-7-9-11-13-15-17-19-20-22-24-26-28-30-32-34-36-42(46)44-40(39-50-51(47,48)49-38-37-43)41(45)35-33-31-29-27-25-23-21-18-16-14-12-10-8-6-4-2/h5,7,11,13,17,19,22,24,28,30,40-41,45H,3-4,6,8-10,12,14-16,18,20-21,23,25-27,29,31-39,43H2,1-2H3,(H,44,46)(H,47,48)/b7-5-,13-11-,19-17-,24-22-,30-28-. The number of phosphoric acid groups is 1. The van der Waals surface area contributed by atoms with Gasteiger partial charge >= 0.3 is 7.82 Å². The molecule has 0 bridgehead atoms. The Hall–Kier alpha value is -1.80. The van der Waals surface area contributed by atoms with Crippen LogP contribution in [0.25, 0.3) is 0 Å². The number of carbonyl (C=O) groups is 1. The van der Waals surface area contributed by atoms with Crippen LogP contribution in [0.15, 0.2) is 60.8 Å². The summed E-state index contributed by atoms with van der Waals surface area (Å²) in [7, 11) is -4.33. The molecule has 1 amide bonds. The van der Waals surface area contributed by atoms with Crippen molar-refractivity contribution >= 4 is 13.7 Å². The highest BCUT2D eigenvalue weighted by molar-refractivity contribution is 7.47. The number of nitrogens with one attached hydrogen (secondary N) is 1. The highest BCUT2D eigenvalue weighted by Crippen LogP contribution is 2.43. The van der Waals surface area contributed by atoms with Crippen LogP contribution in [0.2, 0.25) is 0 Å². The number of unbranched alkanes of at least 4 members (excludes halogenated alkanes) is 15. The van der Waals surface area contributed by atoms with E-state index in [0.29, 0.717) is 12.8 Å². The van der Waals surface area contributed by atoms with E-state index in [1.807, 2.05) is 0 Å². The Morgan fingerprint density at radius 1 is 0.667 bits per heavy atom. The Bertz CT molecular complexity index is 980. The monoisotopic (exact) mass is 737 g/mol. The Labute approximate surface area is 313 Å². The minimum atomic E-state index is -4.33. The van der Waals surface area contributed by atoms with Crippen molar-refractivity contribution in [2.45, 2.75) is 180 Å². The van der Waals surface area contributed by atoms with Gasteiger partial charge in [-0.15, -0.1) is 0 Å². The summed E-state index contributed by atoms with van der Waals surface area (Å²) in [5.74, 6) is -0.220. The van der Waals surface area contributed by atoms with Crippen molar-refractivity contribution in [3.8, 4) is 0 Å². The van der Waals surface area contributed by atoms with E-state index in [1.54, 1.807) is 0 Å². The summed E-state index contributed by atoms with van der Waals surface area (Å²) in [6.45, 7) is 4.03. The molecule has 296 valence electrons. The highest BCUT2D eigenvalue weighted by Gasteiger charge is 2.27. The fourth-order valence-electron chi connectivity index (χ4n) is 5.58. The van der Waals surface area contributed by atoms with Crippen LogP contribution in [0, 0.1) is 0 Å². The molecule has 8 nitrogen and oxygen atoms in total. The van der Waals surface area contributed by atoms with Crippen molar-refractivity contribution < 1.29 is 28.4 Å². The number of aliphatic hydroxyl groups is 1. The number of phosphoric ester groups is 1. The minimum absolute atomic E-state index is 0.0772. The molecule has 9 heteroatoms. The SMILES string of the molecule is CC/C=C\C/C=C\C/C=C\C/C=C\C/C=C\CCCC(=O)NC(COP(=O)(O)OCCN)C(O)CCCCCCCCCCCCCCCCC. The van der Waals surface area contributed by atoms with E-state index in [-0.39, 0.29) is 32.1 Å². The predicted octanol–water partition coefficient (Wildman–Crippen LogP) is 11.1. The maximum absolute atomic E-state index is 12.7. The Morgan fingerprint density at radius 2 is 1.12 bits per heavy atom. The van der Waals surface area contributed by atoms with Crippen LogP contribution in [-0.2, 0) is 18.4 Å². The molecule has 0 aliphatic carbocycles. The Morgan fingerprint density at radius 3 is 1.59 bits per heavy atom. The van der Waals surface area contributed by atoms with Gasteiger partial charge in [0.25, 0.3) is 0 Å². The van der Waals surface area contributed by atoms with E-state index < -0.39 is 20.0 Å². The molecule has 51 heavy (non-hydrogen) atoms. The quantitative estimate of drug-likeness (QED) is 0.0284. The average Bonchev–Trinajstić information content (AvgIpc) is 3.12. The van der Waals surface area contributed by atoms with Gasteiger partial charge in [0.05, 0.1) is 25.4 Å². The van der Waals surface area contributed by atoms with Gasteiger partial charge in [-0.3, -0.25) is 13.8 Å². The summed E-state index contributed by atoms with van der Waals surface area (Å²) in [6, 6.07) is -0.806. The van der Waals surface area contributed by atoms with Gasteiger partial charge in [-0.25, -0.2) is 4.57 Å². The van der Waals surface area contributed by atoms with Gasteiger partial charge in [-0.05, 0) is 51.4 Å². The van der Waals surface area contributed by atoms with E-state index >= 15 is 0 Å². The third-order valence-corrected chi connectivity index (χ3v) is 9.62. The van der Waals surface area contributed by atoms with Crippen molar-refractivity contribution in [3.05, 3.63) is 60.8 Å². The lowest BCUT2D eigenvalue weighted by molar-refractivity contribution is -0.123. The molecule has 0 rings (SSSR count). The first-order chi connectivity index (χ1) is 24.9. The molecule has 3 unspecified atom stereocenters. The first kappa shape index (κ1) is 49.2. The molecule has 0 aliphatic heterocycles. The number of amides is 1. The largest absolute Gasteiger partial charge is 0.472 e. The molecule has 0 saturated heterocycles. The van der Waals surface area contributed by atoms with E-state index in [9.17, 15) is 19.4 Å². The smallest absolute Gasteiger partial charge is 0.391 e. The second kappa shape index (κ2) is 37.9. The number of allylic oxidation sites excluding steroid dienone is 10. The highest BCUT2D eigenvalue weighted by atomic mass is 31.2. The number of rotatable bonds is 37. The second-order valence-electron chi connectivity index (χ2n) is 13.5. The van der Waals surface area contributed by atoms with Gasteiger partial charge in [-0.2, -0.15) is 0 Å². The van der Waals surface area contributed by atoms with Crippen LogP contribution in [0.1, 0.15) is 168 Å².